The van der Waals surface area contributed by atoms with Crippen LogP contribution in [-0.4, -0.2) is 54.0 Å². The van der Waals surface area contributed by atoms with Crippen LogP contribution in [0, 0.1) is 4.77 Å². The fourth-order valence-corrected chi connectivity index (χ4v) is 2.75. The Bertz CT molecular complexity index is 984. The van der Waals surface area contributed by atoms with Crippen LogP contribution in [0.15, 0.2) is 29.1 Å². The van der Waals surface area contributed by atoms with E-state index in [-0.39, 0.29) is 24.4 Å². The molecule has 0 aliphatic heterocycles. The van der Waals surface area contributed by atoms with E-state index < -0.39 is 17.6 Å². The van der Waals surface area contributed by atoms with E-state index in [1.165, 1.54) is 24.9 Å². The molecule has 2 amide bonds. The monoisotopic (exact) mass is 408 g/mol. The predicted molar refractivity (Wildman–Crippen MR) is 103 cm³/mol. The third-order valence-electron chi connectivity index (χ3n) is 3.74. The van der Waals surface area contributed by atoms with Crippen molar-refractivity contribution < 1.29 is 24.2 Å². The maximum atomic E-state index is 12.2. The highest BCUT2D eigenvalue weighted by molar-refractivity contribution is 7.71. The summed E-state index contributed by atoms with van der Waals surface area (Å²) in [6, 6.07) is 6.37. The molecular formula is C17H20N4O6S. The largest absolute Gasteiger partial charge is 0.497 e. The second-order valence-corrected chi connectivity index (χ2v) is 5.94. The number of benzene rings is 1. The van der Waals surface area contributed by atoms with Gasteiger partial charge in [0.05, 0.1) is 19.9 Å². The van der Waals surface area contributed by atoms with E-state index >= 15 is 0 Å². The Labute approximate surface area is 165 Å². The molecular weight excluding hydrogens is 388 g/mol. The first-order valence-corrected chi connectivity index (χ1v) is 8.56. The molecule has 2 rings (SSSR count). The standard InChI is InChI=1S/C17H20N4O6S/c1-26-10-3-4-11(13(7-10)27-2)12-8-14(22)20-16(28)21(12)9-15(23)18-5-6-19-17(24)25/h3-4,7-8,19H,5-6,9H2,1-2H3,(H,18,23)(H,24,25)(H,20,22,28). The van der Waals surface area contributed by atoms with Crippen LogP contribution >= 0.6 is 12.2 Å². The van der Waals surface area contributed by atoms with Crippen molar-refractivity contribution in [3.05, 3.63) is 39.4 Å². The van der Waals surface area contributed by atoms with Gasteiger partial charge in [0.15, 0.2) is 4.77 Å². The van der Waals surface area contributed by atoms with Gasteiger partial charge < -0.3 is 29.8 Å². The summed E-state index contributed by atoms with van der Waals surface area (Å²) >= 11 is 5.21. The van der Waals surface area contributed by atoms with Crippen molar-refractivity contribution >= 4 is 24.2 Å². The van der Waals surface area contributed by atoms with Gasteiger partial charge in [0.2, 0.25) is 5.91 Å². The van der Waals surface area contributed by atoms with E-state index in [4.69, 9.17) is 26.8 Å². The van der Waals surface area contributed by atoms with Crippen LogP contribution in [0.3, 0.4) is 0 Å². The number of ether oxygens (including phenoxy) is 2. The predicted octanol–water partition coefficient (Wildman–Crippen LogP) is 0.974. The van der Waals surface area contributed by atoms with E-state index in [1.54, 1.807) is 18.2 Å². The number of aromatic amines is 1. The van der Waals surface area contributed by atoms with Crippen LogP contribution in [-0.2, 0) is 11.3 Å². The first-order chi connectivity index (χ1) is 13.3. The number of nitrogens with one attached hydrogen (secondary N) is 3. The lowest BCUT2D eigenvalue weighted by Crippen LogP contribution is -2.36. The van der Waals surface area contributed by atoms with Crippen LogP contribution < -0.4 is 25.7 Å². The molecule has 0 aliphatic carbocycles. The maximum absolute atomic E-state index is 12.2. The number of carbonyl (C=O) groups is 2. The number of carbonyl (C=O) groups excluding carboxylic acids is 1. The molecule has 28 heavy (non-hydrogen) atoms. The SMILES string of the molecule is COc1ccc(-c2cc(=O)[nH]c(=S)n2CC(=O)NCCNC(=O)O)c(OC)c1. The number of rotatable bonds is 8. The van der Waals surface area contributed by atoms with Gasteiger partial charge in [0.25, 0.3) is 5.56 Å². The van der Waals surface area contributed by atoms with E-state index in [0.29, 0.717) is 22.8 Å². The Kier molecular flexibility index (Phi) is 7.15. The molecule has 11 heteroatoms. The minimum atomic E-state index is -1.18. The Balaban J connectivity index is 2.34. The smallest absolute Gasteiger partial charge is 0.404 e. The highest BCUT2D eigenvalue weighted by Gasteiger charge is 2.15. The third kappa shape index (κ3) is 5.33. The van der Waals surface area contributed by atoms with Crippen molar-refractivity contribution in [1.82, 2.24) is 20.2 Å². The van der Waals surface area contributed by atoms with Gasteiger partial charge in [-0.15, -0.1) is 0 Å². The molecule has 0 saturated carbocycles. The number of nitrogens with zero attached hydrogens (tertiary/aromatic N) is 1. The van der Waals surface area contributed by atoms with Crippen molar-refractivity contribution in [3.8, 4) is 22.8 Å². The first kappa shape index (κ1) is 21.0. The zero-order valence-electron chi connectivity index (χ0n) is 15.3. The summed E-state index contributed by atoms with van der Waals surface area (Å²) in [5.74, 6) is 0.613. The molecule has 2 aromatic rings. The average molecular weight is 408 g/mol. The maximum Gasteiger partial charge on any atom is 0.404 e. The molecule has 1 aromatic heterocycles. The van der Waals surface area contributed by atoms with Crippen molar-refractivity contribution in [2.45, 2.75) is 6.54 Å². The summed E-state index contributed by atoms with van der Waals surface area (Å²) in [4.78, 5) is 37.1. The minimum Gasteiger partial charge on any atom is -0.497 e. The summed E-state index contributed by atoms with van der Waals surface area (Å²) in [6.07, 6.45) is -1.18. The van der Waals surface area contributed by atoms with Gasteiger partial charge in [0.1, 0.15) is 18.0 Å². The van der Waals surface area contributed by atoms with Crippen molar-refractivity contribution in [2.24, 2.45) is 0 Å². The molecule has 1 aromatic carbocycles. The fraction of sp³-hybridized carbons (Fsp3) is 0.294. The summed E-state index contributed by atoms with van der Waals surface area (Å²) in [7, 11) is 3.00. The molecule has 10 nitrogen and oxygen atoms in total. The number of hydrogen-bond donors (Lipinski definition) is 4. The molecule has 0 saturated heterocycles. The summed E-state index contributed by atoms with van der Waals surface area (Å²) in [5.41, 5.74) is 0.535. The van der Waals surface area contributed by atoms with Gasteiger partial charge in [-0.05, 0) is 24.4 Å². The van der Waals surface area contributed by atoms with Gasteiger partial charge in [-0.3, -0.25) is 14.6 Å². The van der Waals surface area contributed by atoms with Crippen LogP contribution in [0.2, 0.25) is 0 Å². The lowest BCUT2D eigenvalue weighted by molar-refractivity contribution is -0.121. The first-order valence-electron chi connectivity index (χ1n) is 8.15. The second-order valence-electron chi connectivity index (χ2n) is 5.56. The molecule has 150 valence electrons. The number of H-pyrrole nitrogens is 1. The third-order valence-corrected chi connectivity index (χ3v) is 4.07. The molecule has 1 heterocycles. The topological polar surface area (TPSA) is 135 Å². The molecule has 0 radical (unpaired) electrons. The van der Waals surface area contributed by atoms with E-state index in [0.717, 1.165) is 0 Å². The van der Waals surface area contributed by atoms with Crippen LogP contribution in [0.25, 0.3) is 11.3 Å². The Morgan fingerprint density at radius 2 is 1.89 bits per heavy atom. The van der Waals surface area contributed by atoms with Gasteiger partial charge in [-0.1, -0.05) is 0 Å². The average Bonchev–Trinajstić information content (AvgIpc) is 2.66. The zero-order chi connectivity index (χ0) is 20.7. The highest BCUT2D eigenvalue weighted by Crippen LogP contribution is 2.32. The molecule has 0 fully saturated rings. The van der Waals surface area contributed by atoms with Gasteiger partial charge >= 0.3 is 6.09 Å². The molecule has 0 spiro atoms. The molecule has 4 N–H and O–H groups in total. The number of hydrogen-bond acceptors (Lipinski definition) is 6. The molecule has 0 atom stereocenters. The normalized spacial score (nSPS) is 10.2. The molecule has 0 aliphatic rings. The van der Waals surface area contributed by atoms with Crippen molar-refractivity contribution in [3.63, 3.8) is 0 Å². The zero-order valence-corrected chi connectivity index (χ0v) is 16.1. The quantitative estimate of drug-likeness (QED) is 0.378. The minimum absolute atomic E-state index is 0.0667. The second kappa shape index (κ2) is 9.55. The van der Waals surface area contributed by atoms with Crippen LogP contribution in [0.1, 0.15) is 0 Å². The molecule has 0 unspecified atom stereocenters. The Hall–Kier alpha value is -3.34. The van der Waals surface area contributed by atoms with Crippen LogP contribution in [0.4, 0.5) is 4.79 Å². The summed E-state index contributed by atoms with van der Waals surface area (Å²) in [5, 5.41) is 13.3. The van der Waals surface area contributed by atoms with Gasteiger partial charge in [-0.2, -0.15) is 0 Å². The van der Waals surface area contributed by atoms with Gasteiger partial charge in [-0.25, -0.2) is 4.79 Å². The number of amides is 2. The lowest BCUT2D eigenvalue weighted by atomic mass is 10.1. The Morgan fingerprint density at radius 1 is 1.18 bits per heavy atom. The Morgan fingerprint density at radius 3 is 2.54 bits per heavy atom. The van der Waals surface area contributed by atoms with E-state index in [1.807, 2.05) is 0 Å². The van der Waals surface area contributed by atoms with Gasteiger partial charge in [0, 0.05) is 30.8 Å². The number of carboxylic acid groups (broad SMARTS) is 1. The number of aromatic nitrogens is 2. The van der Waals surface area contributed by atoms with E-state index in [2.05, 4.69) is 15.6 Å². The molecule has 0 bridgehead atoms. The summed E-state index contributed by atoms with van der Waals surface area (Å²) in [6.45, 7) is 0.00740. The van der Waals surface area contributed by atoms with E-state index in [9.17, 15) is 14.4 Å². The highest BCUT2D eigenvalue weighted by atomic mass is 32.1. The van der Waals surface area contributed by atoms with Crippen molar-refractivity contribution in [2.75, 3.05) is 27.3 Å². The summed E-state index contributed by atoms with van der Waals surface area (Å²) < 4.78 is 12.1. The van der Waals surface area contributed by atoms with Crippen LogP contribution in [0.5, 0.6) is 11.5 Å². The fourth-order valence-electron chi connectivity index (χ4n) is 2.48. The lowest BCUT2D eigenvalue weighted by Gasteiger charge is -2.16. The number of methoxy groups -OCH3 is 2. The van der Waals surface area contributed by atoms with Crippen molar-refractivity contribution in [1.29, 1.82) is 0 Å².